The van der Waals surface area contributed by atoms with Crippen LogP contribution in [-0.4, -0.2) is 16.3 Å². The van der Waals surface area contributed by atoms with Crippen molar-refractivity contribution in [3.05, 3.63) is 33.8 Å². The lowest BCUT2D eigenvalue weighted by Gasteiger charge is -2.03. The molecule has 0 bridgehead atoms. The number of hydrogen-bond donors (Lipinski definition) is 1. The van der Waals surface area contributed by atoms with Crippen molar-refractivity contribution in [2.24, 2.45) is 7.05 Å². The van der Waals surface area contributed by atoms with Crippen LogP contribution in [-0.2, 0) is 13.5 Å². The van der Waals surface area contributed by atoms with Gasteiger partial charge in [0.25, 0.3) is 0 Å². The zero-order valence-corrected chi connectivity index (χ0v) is 10.8. The van der Waals surface area contributed by atoms with Gasteiger partial charge in [0.05, 0.1) is 10.7 Å². The Hall–Kier alpha value is -1.19. The predicted octanol–water partition coefficient (Wildman–Crippen LogP) is 3.36. The Bertz CT molecular complexity index is 590. The van der Waals surface area contributed by atoms with Crippen molar-refractivity contribution >= 4 is 29.0 Å². The highest BCUT2D eigenvalue weighted by atomic mass is 35.5. The van der Waals surface area contributed by atoms with Gasteiger partial charge in [-0.2, -0.15) is 5.10 Å². The van der Waals surface area contributed by atoms with E-state index in [1.165, 1.54) is 5.56 Å². The number of hydrogen-bond acceptors (Lipinski definition) is 2. The van der Waals surface area contributed by atoms with Crippen molar-refractivity contribution in [1.29, 1.82) is 0 Å². The highest BCUT2D eigenvalue weighted by Gasteiger charge is 2.22. The number of aromatic nitrogens is 2. The second-order valence-electron chi connectivity index (χ2n) is 4.10. The fourth-order valence-corrected chi connectivity index (χ4v) is 2.73. The fourth-order valence-electron chi connectivity index (χ4n) is 2.23. The van der Waals surface area contributed by atoms with Gasteiger partial charge >= 0.3 is 0 Å². The quantitative estimate of drug-likeness (QED) is 0.859. The predicted molar refractivity (Wildman–Crippen MR) is 70.9 cm³/mol. The summed E-state index contributed by atoms with van der Waals surface area (Å²) in [4.78, 5) is 0. The maximum atomic E-state index is 6.22. The van der Waals surface area contributed by atoms with Crippen molar-refractivity contribution in [2.75, 3.05) is 11.9 Å². The van der Waals surface area contributed by atoms with E-state index in [0.29, 0.717) is 10.0 Å². The Balaban J connectivity index is 2.19. The summed E-state index contributed by atoms with van der Waals surface area (Å²) in [5.41, 5.74) is 3.13. The van der Waals surface area contributed by atoms with E-state index in [1.807, 2.05) is 23.9 Å². The molecule has 0 radical (unpaired) electrons. The molecule has 0 aliphatic carbocycles. The molecule has 2 aromatic rings. The standard InChI is InChI=1S/C12H11Cl2N3/c1-17-12-9(4-5-15-12)11(16-17)8-3-2-7(13)6-10(8)14/h2-3,6,15H,4-5H2,1H3. The Morgan fingerprint density at radius 1 is 1.35 bits per heavy atom. The molecule has 0 atom stereocenters. The van der Waals surface area contributed by atoms with E-state index in [2.05, 4.69) is 10.4 Å². The van der Waals surface area contributed by atoms with E-state index in [4.69, 9.17) is 23.2 Å². The van der Waals surface area contributed by atoms with Gasteiger partial charge in [0.15, 0.2) is 0 Å². The molecular weight excluding hydrogens is 257 g/mol. The van der Waals surface area contributed by atoms with E-state index >= 15 is 0 Å². The van der Waals surface area contributed by atoms with Gasteiger partial charge < -0.3 is 5.32 Å². The SMILES string of the molecule is Cn1nc(-c2ccc(Cl)cc2Cl)c2c1NCC2. The number of halogens is 2. The highest BCUT2D eigenvalue weighted by Crippen LogP contribution is 2.36. The van der Waals surface area contributed by atoms with Gasteiger partial charge in [-0.05, 0) is 24.6 Å². The lowest BCUT2D eigenvalue weighted by atomic mass is 10.1. The molecule has 5 heteroatoms. The summed E-state index contributed by atoms with van der Waals surface area (Å²) in [6, 6.07) is 5.51. The molecule has 0 amide bonds. The van der Waals surface area contributed by atoms with Crippen LogP contribution in [0.2, 0.25) is 10.0 Å². The molecule has 1 aromatic carbocycles. The summed E-state index contributed by atoms with van der Waals surface area (Å²) < 4.78 is 1.86. The number of anilines is 1. The van der Waals surface area contributed by atoms with E-state index in [9.17, 15) is 0 Å². The Labute approximate surface area is 109 Å². The van der Waals surface area contributed by atoms with Crippen LogP contribution < -0.4 is 5.32 Å². The van der Waals surface area contributed by atoms with Crippen molar-refractivity contribution in [3.63, 3.8) is 0 Å². The number of aryl methyl sites for hydroxylation is 1. The first-order chi connectivity index (χ1) is 8.16. The molecule has 88 valence electrons. The molecule has 0 saturated carbocycles. The van der Waals surface area contributed by atoms with Crippen LogP contribution in [0.25, 0.3) is 11.3 Å². The van der Waals surface area contributed by atoms with Crippen molar-refractivity contribution in [2.45, 2.75) is 6.42 Å². The fraction of sp³-hybridized carbons (Fsp3) is 0.250. The van der Waals surface area contributed by atoms with Gasteiger partial charge in [0, 0.05) is 29.7 Å². The first-order valence-corrected chi connectivity index (χ1v) is 6.17. The zero-order chi connectivity index (χ0) is 12.0. The summed E-state index contributed by atoms with van der Waals surface area (Å²) in [6.07, 6.45) is 0.984. The first-order valence-electron chi connectivity index (χ1n) is 5.42. The second kappa shape index (κ2) is 3.93. The zero-order valence-electron chi connectivity index (χ0n) is 9.30. The minimum atomic E-state index is 0.643. The lowest BCUT2D eigenvalue weighted by Crippen LogP contribution is -2.01. The van der Waals surface area contributed by atoms with Crippen LogP contribution in [0.1, 0.15) is 5.56 Å². The van der Waals surface area contributed by atoms with Crippen LogP contribution >= 0.6 is 23.2 Å². The molecule has 1 aliphatic heterocycles. The normalized spacial score (nSPS) is 13.6. The molecule has 1 N–H and O–H groups in total. The lowest BCUT2D eigenvalue weighted by molar-refractivity contribution is 0.775. The van der Waals surface area contributed by atoms with Gasteiger partial charge in [-0.25, -0.2) is 0 Å². The Morgan fingerprint density at radius 3 is 2.94 bits per heavy atom. The van der Waals surface area contributed by atoms with E-state index < -0.39 is 0 Å². The third kappa shape index (κ3) is 1.70. The number of fused-ring (bicyclic) bond motifs is 1. The smallest absolute Gasteiger partial charge is 0.127 e. The molecule has 3 nitrogen and oxygen atoms in total. The van der Waals surface area contributed by atoms with Gasteiger partial charge in [0.2, 0.25) is 0 Å². The number of benzene rings is 1. The Morgan fingerprint density at radius 2 is 2.18 bits per heavy atom. The van der Waals surface area contributed by atoms with Crippen molar-refractivity contribution in [1.82, 2.24) is 9.78 Å². The minimum Gasteiger partial charge on any atom is -0.370 e. The number of rotatable bonds is 1. The second-order valence-corrected chi connectivity index (χ2v) is 4.94. The maximum absolute atomic E-state index is 6.22. The summed E-state index contributed by atoms with van der Waals surface area (Å²) in [5, 5.41) is 9.13. The summed E-state index contributed by atoms with van der Waals surface area (Å²) >= 11 is 12.1. The van der Waals surface area contributed by atoms with Gasteiger partial charge in [-0.15, -0.1) is 0 Å². The molecule has 0 unspecified atom stereocenters. The van der Waals surface area contributed by atoms with Gasteiger partial charge in [-0.1, -0.05) is 23.2 Å². The van der Waals surface area contributed by atoms with Gasteiger partial charge in [0.1, 0.15) is 5.82 Å². The minimum absolute atomic E-state index is 0.643. The van der Waals surface area contributed by atoms with Crippen LogP contribution in [0.4, 0.5) is 5.82 Å². The summed E-state index contributed by atoms with van der Waals surface area (Å²) in [5.74, 6) is 1.09. The van der Waals surface area contributed by atoms with Crippen molar-refractivity contribution < 1.29 is 0 Å². The number of nitrogens with zero attached hydrogens (tertiary/aromatic N) is 2. The largest absolute Gasteiger partial charge is 0.370 e. The topological polar surface area (TPSA) is 29.9 Å². The highest BCUT2D eigenvalue weighted by molar-refractivity contribution is 6.36. The van der Waals surface area contributed by atoms with E-state index in [0.717, 1.165) is 30.0 Å². The summed E-state index contributed by atoms with van der Waals surface area (Å²) in [6.45, 7) is 0.958. The molecule has 0 fully saturated rings. The van der Waals surface area contributed by atoms with Crippen LogP contribution in [0, 0.1) is 0 Å². The molecule has 17 heavy (non-hydrogen) atoms. The third-order valence-corrected chi connectivity index (χ3v) is 3.55. The molecule has 3 rings (SSSR count). The molecule has 2 heterocycles. The van der Waals surface area contributed by atoms with Crippen LogP contribution in [0.3, 0.4) is 0 Å². The van der Waals surface area contributed by atoms with Crippen LogP contribution in [0.15, 0.2) is 18.2 Å². The first kappa shape index (κ1) is 10.9. The Kier molecular flexibility index (Phi) is 2.53. The monoisotopic (exact) mass is 267 g/mol. The average molecular weight is 268 g/mol. The van der Waals surface area contributed by atoms with E-state index in [-0.39, 0.29) is 0 Å². The molecule has 0 saturated heterocycles. The average Bonchev–Trinajstić information content (AvgIpc) is 2.84. The van der Waals surface area contributed by atoms with Gasteiger partial charge in [-0.3, -0.25) is 4.68 Å². The molecule has 1 aliphatic rings. The maximum Gasteiger partial charge on any atom is 0.127 e. The molecule has 1 aromatic heterocycles. The molecular formula is C12H11Cl2N3. The summed E-state index contributed by atoms with van der Waals surface area (Å²) in [7, 11) is 1.93. The number of nitrogens with one attached hydrogen (secondary N) is 1. The van der Waals surface area contributed by atoms with Crippen LogP contribution in [0.5, 0.6) is 0 Å². The molecule has 0 spiro atoms. The van der Waals surface area contributed by atoms with E-state index in [1.54, 1.807) is 6.07 Å². The third-order valence-electron chi connectivity index (χ3n) is 3.00. The van der Waals surface area contributed by atoms with Crippen molar-refractivity contribution in [3.8, 4) is 11.3 Å².